The highest BCUT2D eigenvalue weighted by Gasteiger charge is 2.41. The Kier molecular flexibility index (Phi) is 7.84. The molecular weight excluding hydrogens is 585 g/mol. The molecule has 0 bridgehead atoms. The Balaban J connectivity index is 1.30. The largest absolute Gasteiger partial charge is 0.309 e. The summed E-state index contributed by atoms with van der Waals surface area (Å²) in [6, 6.07) is 69.2. The van der Waals surface area contributed by atoms with Gasteiger partial charge in [-0.25, -0.2) is 0 Å². The van der Waals surface area contributed by atoms with Gasteiger partial charge in [0.05, 0.1) is 11.0 Å². The van der Waals surface area contributed by atoms with Gasteiger partial charge in [-0.2, -0.15) is 0 Å². The van der Waals surface area contributed by atoms with E-state index in [9.17, 15) is 0 Å². The Morgan fingerprint density at radius 1 is 0.383 bits per heavy atom. The number of fused-ring (bicyclic) bond motifs is 3. The summed E-state index contributed by atoms with van der Waals surface area (Å²) in [5, 5.41) is 11.7. The molecule has 0 saturated heterocycles. The first kappa shape index (κ1) is 29.0. The Hall–Kier alpha value is -5.48. The topological polar surface area (TPSA) is 17.0 Å². The maximum Gasteiger partial charge on any atom is 0.179 e. The van der Waals surface area contributed by atoms with E-state index in [2.05, 4.69) is 198 Å². The molecule has 1 N–H and O–H groups in total. The van der Waals surface area contributed by atoms with Crippen LogP contribution in [0.1, 0.15) is 11.1 Å². The minimum Gasteiger partial charge on any atom is -0.309 e. The Labute approximate surface area is 277 Å². The summed E-state index contributed by atoms with van der Waals surface area (Å²) in [6.45, 7) is 1.66. The number of nitrogens with zero attached hydrogens (tertiary/aromatic N) is 1. The van der Waals surface area contributed by atoms with Crippen LogP contribution in [-0.4, -0.2) is 12.6 Å². The summed E-state index contributed by atoms with van der Waals surface area (Å²) in [4.78, 5) is 0. The number of benzene rings is 7. The van der Waals surface area contributed by atoms with Gasteiger partial charge in [-0.05, 0) is 56.1 Å². The fourth-order valence-electron chi connectivity index (χ4n) is 7.30. The van der Waals surface area contributed by atoms with Crippen molar-refractivity contribution in [2.75, 3.05) is 0 Å². The molecule has 47 heavy (non-hydrogen) atoms. The molecule has 0 unspecified atom stereocenters. The average molecular weight is 621 g/mol. The van der Waals surface area contributed by atoms with E-state index < -0.39 is 8.07 Å². The van der Waals surface area contributed by atoms with Crippen molar-refractivity contribution in [2.45, 2.75) is 13.1 Å². The molecule has 0 fully saturated rings. The molecule has 226 valence electrons. The fourth-order valence-corrected chi connectivity index (χ4v) is 12.1. The number of para-hydroxylation sites is 1. The van der Waals surface area contributed by atoms with E-state index in [1.54, 1.807) is 0 Å². The van der Waals surface area contributed by atoms with E-state index in [0.29, 0.717) is 0 Å². The van der Waals surface area contributed by atoms with Crippen molar-refractivity contribution in [3.8, 4) is 5.69 Å². The molecule has 0 saturated carbocycles. The fraction of sp³-hybridized carbons (Fsp3) is 0.0455. The predicted molar refractivity (Wildman–Crippen MR) is 201 cm³/mol. The van der Waals surface area contributed by atoms with Gasteiger partial charge in [0.2, 0.25) is 0 Å². The van der Waals surface area contributed by atoms with Crippen LogP contribution < -0.4 is 26.1 Å². The van der Waals surface area contributed by atoms with Crippen LogP contribution in [-0.2, 0) is 13.1 Å². The van der Waals surface area contributed by atoms with Gasteiger partial charge in [0.1, 0.15) is 0 Å². The standard InChI is InChI=1S/C44H36N2Si/c1-5-16-34(17-6-1)32-45-33-35-18-15-19-36(30-35)46-43-27-14-13-26-41(43)42-31-40(28-29-44(42)46)47(37-20-7-2-8-21-37,38-22-9-3-10-23-38)39-24-11-4-12-25-39/h1-31,45H,32-33H2. The van der Waals surface area contributed by atoms with Gasteiger partial charge in [0, 0.05) is 29.5 Å². The molecule has 8 aromatic rings. The van der Waals surface area contributed by atoms with Crippen molar-refractivity contribution in [3.05, 3.63) is 199 Å². The normalized spacial score (nSPS) is 11.7. The molecule has 0 aliphatic carbocycles. The van der Waals surface area contributed by atoms with Gasteiger partial charge in [0.25, 0.3) is 0 Å². The van der Waals surface area contributed by atoms with Gasteiger partial charge < -0.3 is 9.88 Å². The molecule has 0 radical (unpaired) electrons. The van der Waals surface area contributed by atoms with Crippen LogP contribution in [0.3, 0.4) is 0 Å². The summed E-state index contributed by atoms with van der Waals surface area (Å²) < 4.78 is 2.44. The van der Waals surface area contributed by atoms with Crippen molar-refractivity contribution in [1.82, 2.24) is 9.88 Å². The highest BCUT2D eigenvalue weighted by atomic mass is 28.3. The van der Waals surface area contributed by atoms with Gasteiger partial charge in [-0.15, -0.1) is 0 Å². The van der Waals surface area contributed by atoms with Gasteiger partial charge in [0.15, 0.2) is 8.07 Å². The maximum absolute atomic E-state index is 3.63. The van der Waals surface area contributed by atoms with Crippen LogP contribution in [0, 0.1) is 0 Å². The first-order chi connectivity index (χ1) is 23.3. The third-order valence-electron chi connectivity index (χ3n) is 9.40. The summed E-state index contributed by atoms with van der Waals surface area (Å²) in [6.07, 6.45) is 0. The highest BCUT2D eigenvalue weighted by Crippen LogP contribution is 2.32. The molecule has 0 amide bonds. The SMILES string of the molecule is c1ccc(CNCc2cccc(-n3c4ccccc4c4cc([Si](c5ccccc5)(c5ccccc5)c5ccccc5)ccc43)c2)cc1. The number of hydrogen-bond donors (Lipinski definition) is 1. The van der Waals surface area contributed by atoms with Crippen molar-refractivity contribution in [1.29, 1.82) is 0 Å². The summed E-state index contributed by atoms with van der Waals surface area (Å²) >= 11 is 0. The molecule has 3 heteroatoms. The zero-order chi connectivity index (χ0) is 31.5. The summed E-state index contributed by atoms with van der Waals surface area (Å²) in [5.74, 6) is 0. The summed E-state index contributed by atoms with van der Waals surface area (Å²) in [5.41, 5.74) is 6.19. The lowest BCUT2D eigenvalue weighted by Gasteiger charge is -2.34. The third kappa shape index (κ3) is 5.30. The van der Waals surface area contributed by atoms with E-state index in [1.165, 1.54) is 59.4 Å². The molecular formula is C44H36N2Si. The molecule has 1 aromatic heterocycles. The van der Waals surface area contributed by atoms with E-state index in [-0.39, 0.29) is 0 Å². The van der Waals surface area contributed by atoms with Crippen molar-refractivity contribution < 1.29 is 0 Å². The minimum atomic E-state index is -2.64. The van der Waals surface area contributed by atoms with E-state index in [1.807, 2.05) is 0 Å². The summed E-state index contributed by atoms with van der Waals surface area (Å²) in [7, 11) is -2.64. The number of nitrogens with one attached hydrogen (secondary N) is 1. The highest BCUT2D eigenvalue weighted by molar-refractivity contribution is 7.20. The molecule has 1 heterocycles. The lowest BCUT2D eigenvalue weighted by Crippen LogP contribution is -2.74. The van der Waals surface area contributed by atoms with E-state index >= 15 is 0 Å². The molecule has 0 aliphatic rings. The minimum absolute atomic E-state index is 0.809. The van der Waals surface area contributed by atoms with Gasteiger partial charge in [-0.1, -0.05) is 164 Å². The first-order valence-electron chi connectivity index (χ1n) is 16.4. The molecule has 0 atom stereocenters. The number of rotatable bonds is 9. The maximum atomic E-state index is 3.63. The van der Waals surface area contributed by atoms with Crippen LogP contribution in [0.25, 0.3) is 27.5 Å². The number of aromatic nitrogens is 1. The third-order valence-corrected chi connectivity index (χ3v) is 14.2. The molecule has 2 nitrogen and oxygen atoms in total. The molecule has 0 aliphatic heterocycles. The Morgan fingerprint density at radius 2 is 0.894 bits per heavy atom. The van der Waals surface area contributed by atoms with Gasteiger partial charge in [-0.3, -0.25) is 0 Å². The zero-order valence-electron chi connectivity index (χ0n) is 26.3. The van der Waals surface area contributed by atoms with Crippen LogP contribution in [0.4, 0.5) is 0 Å². The predicted octanol–water partition coefficient (Wildman–Crippen LogP) is 7.45. The first-order valence-corrected chi connectivity index (χ1v) is 18.4. The van der Waals surface area contributed by atoms with Crippen molar-refractivity contribution in [2.24, 2.45) is 0 Å². The van der Waals surface area contributed by atoms with Crippen LogP contribution >= 0.6 is 0 Å². The zero-order valence-corrected chi connectivity index (χ0v) is 27.3. The number of hydrogen-bond acceptors (Lipinski definition) is 1. The second-order valence-corrected chi connectivity index (χ2v) is 16.0. The smallest absolute Gasteiger partial charge is 0.179 e. The van der Waals surface area contributed by atoms with Crippen LogP contribution in [0.2, 0.25) is 0 Å². The quantitative estimate of drug-likeness (QED) is 0.131. The lowest BCUT2D eigenvalue weighted by atomic mass is 10.1. The van der Waals surface area contributed by atoms with Crippen molar-refractivity contribution in [3.63, 3.8) is 0 Å². The Bertz CT molecular complexity index is 2160. The van der Waals surface area contributed by atoms with Gasteiger partial charge >= 0.3 is 0 Å². The molecule has 7 aromatic carbocycles. The Morgan fingerprint density at radius 3 is 1.53 bits per heavy atom. The molecule has 0 spiro atoms. The second-order valence-electron chi connectivity index (χ2n) is 12.2. The molecule has 8 rings (SSSR count). The van der Waals surface area contributed by atoms with Crippen molar-refractivity contribution >= 4 is 50.6 Å². The van der Waals surface area contributed by atoms with Crippen LogP contribution in [0.15, 0.2) is 188 Å². The van der Waals surface area contributed by atoms with E-state index in [4.69, 9.17) is 0 Å². The lowest BCUT2D eigenvalue weighted by molar-refractivity contribution is 0.693. The van der Waals surface area contributed by atoms with Crippen LogP contribution in [0.5, 0.6) is 0 Å². The van der Waals surface area contributed by atoms with E-state index in [0.717, 1.165) is 13.1 Å². The monoisotopic (exact) mass is 620 g/mol. The average Bonchev–Trinajstić information content (AvgIpc) is 3.48. The second kappa shape index (κ2) is 12.7.